The standard InChI is InChI=1S/C23H32N4O2/c1-17-8-10-19(11-9-17)21(27-12-6-4-5-7-13-27)15-24-22(28)14-20-18(2)23(29)26(3)16-25-20/h8-11,16,21H,4-7,12-15H2,1-3H3,(H,24,28). The summed E-state index contributed by atoms with van der Waals surface area (Å²) in [6.45, 7) is 6.50. The third-order valence-electron chi connectivity index (χ3n) is 5.82. The van der Waals surface area contributed by atoms with Crippen LogP contribution in [0.15, 0.2) is 35.4 Å². The van der Waals surface area contributed by atoms with Crippen molar-refractivity contribution in [3.05, 3.63) is 63.3 Å². The van der Waals surface area contributed by atoms with Crippen molar-refractivity contribution in [3.63, 3.8) is 0 Å². The summed E-state index contributed by atoms with van der Waals surface area (Å²) < 4.78 is 1.43. The lowest BCUT2D eigenvalue weighted by molar-refractivity contribution is -0.120. The van der Waals surface area contributed by atoms with Gasteiger partial charge in [0.25, 0.3) is 5.56 Å². The first-order chi connectivity index (χ1) is 14.0. The average Bonchev–Trinajstić information content (AvgIpc) is 2.99. The van der Waals surface area contributed by atoms with Gasteiger partial charge >= 0.3 is 0 Å². The van der Waals surface area contributed by atoms with Crippen LogP contribution in [0.2, 0.25) is 0 Å². The van der Waals surface area contributed by atoms with Gasteiger partial charge in [0.2, 0.25) is 5.91 Å². The quantitative estimate of drug-likeness (QED) is 0.815. The molecule has 0 saturated carbocycles. The van der Waals surface area contributed by atoms with E-state index >= 15 is 0 Å². The molecule has 0 radical (unpaired) electrons. The van der Waals surface area contributed by atoms with Crippen LogP contribution in [0, 0.1) is 13.8 Å². The zero-order valence-corrected chi connectivity index (χ0v) is 17.8. The van der Waals surface area contributed by atoms with Crippen molar-refractivity contribution in [2.24, 2.45) is 7.05 Å². The minimum Gasteiger partial charge on any atom is -0.354 e. The van der Waals surface area contributed by atoms with Gasteiger partial charge in [0.05, 0.1) is 24.5 Å². The number of carbonyl (C=O) groups excluding carboxylic acids is 1. The van der Waals surface area contributed by atoms with Crippen LogP contribution < -0.4 is 10.9 Å². The monoisotopic (exact) mass is 396 g/mol. The smallest absolute Gasteiger partial charge is 0.256 e. The van der Waals surface area contributed by atoms with E-state index in [2.05, 4.69) is 46.4 Å². The van der Waals surface area contributed by atoms with Crippen LogP contribution in [0.3, 0.4) is 0 Å². The van der Waals surface area contributed by atoms with E-state index in [0.717, 1.165) is 13.1 Å². The van der Waals surface area contributed by atoms with Crippen molar-refractivity contribution >= 4 is 5.91 Å². The lowest BCUT2D eigenvalue weighted by atomic mass is 10.0. The molecule has 1 aromatic carbocycles. The summed E-state index contributed by atoms with van der Waals surface area (Å²) in [5.41, 5.74) is 3.45. The molecule has 6 heteroatoms. The first kappa shape index (κ1) is 21.2. The Kier molecular flexibility index (Phi) is 7.20. The number of likely N-dealkylation sites (tertiary alicyclic amines) is 1. The van der Waals surface area contributed by atoms with E-state index in [1.54, 1.807) is 14.0 Å². The first-order valence-corrected chi connectivity index (χ1v) is 10.5. The fourth-order valence-corrected chi connectivity index (χ4v) is 3.95. The van der Waals surface area contributed by atoms with Gasteiger partial charge < -0.3 is 9.88 Å². The van der Waals surface area contributed by atoms with Crippen molar-refractivity contribution < 1.29 is 4.79 Å². The summed E-state index contributed by atoms with van der Waals surface area (Å²) in [5.74, 6) is -0.0965. The van der Waals surface area contributed by atoms with Gasteiger partial charge in [-0.1, -0.05) is 42.7 Å². The van der Waals surface area contributed by atoms with Gasteiger partial charge in [0.15, 0.2) is 0 Å². The Morgan fingerprint density at radius 3 is 2.41 bits per heavy atom. The van der Waals surface area contributed by atoms with Crippen LogP contribution in [0.4, 0.5) is 0 Å². The molecule has 29 heavy (non-hydrogen) atoms. The highest BCUT2D eigenvalue weighted by atomic mass is 16.1. The van der Waals surface area contributed by atoms with Crippen molar-refractivity contribution in [2.45, 2.75) is 52.0 Å². The van der Waals surface area contributed by atoms with Gasteiger partial charge in [0, 0.05) is 19.2 Å². The second-order valence-electron chi connectivity index (χ2n) is 8.09. The third-order valence-corrected chi connectivity index (χ3v) is 5.82. The molecule has 1 fully saturated rings. The number of benzene rings is 1. The summed E-state index contributed by atoms with van der Waals surface area (Å²) in [5, 5.41) is 3.09. The Labute approximate surface area is 173 Å². The number of hydrogen-bond acceptors (Lipinski definition) is 4. The van der Waals surface area contributed by atoms with Crippen molar-refractivity contribution in [1.29, 1.82) is 0 Å². The molecule has 0 bridgehead atoms. The predicted octanol–water partition coefficient (Wildman–Crippen LogP) is 2.67. The van der Waals surface area contributed by atoms with E-state index in [0.29, 0.717) is 17.8 Å². The molecule has 6 nitrogen and oxygen atoms in total. The third kappa shape index (κ3) is 5.54. The highest BCUT2D eigenvalue weighted by molar-refractivity contribution is 5.78. The lowest BCUT2D eigenvalue weighted by Crippen LogP contribution is -2.39. The molecule has 1 saturated heterocycles. The summed E-state index contributed by atoms with van der Waals surface area (Å²) in [6, 6.07) is 8.77. The maximum atomic E-state index is 12.6. The van der Waals surface area contributed by atoms with Gasteiger partial charge in [0.1, 0.15) is 0 Å². The second kappa shape index (κ2) is 9.83. The lowest BCUT2D eigenvalue weighted by Gasteiger charge is -2.31. The van der Waals surface area contributed by atoms with Crippen LogP contribution in [0.5, 0.6) is 0 Å². The molecule has 0 spiro atoms. The minimum atomic E-state index is -0.107. The maximum absolute atomic E-state index is 12.6. The maximum Gasteiger partial charge on any atom is 0.256 e. The number of hydrogen-bond donors (Lipinski definition) is 1. The molecule has 3 rings (SSSR count). The molecule has 156 valence electrons. The molecular formula is C23H32N4O2. The SMILES string of the molecule is Cc1ccc(C(CNC(=O)Cc2ncn(C)c(=O)c2C)N2CCCCCC2)cc1. The second-order valence-corrected chi connectivity index (χ2v) is 8.09. The first-order valence-electron chi connectivity index (χ1n) is 10.5. The zero-order valence-electron chi connectivity index (χ0n) is 17.8. The van der Waals surface area contributed by atoms with Crippen LogP contribution in [0.1, 0.15) is 54.1 Å². The Morgan fingerprint density at radius 1 is 1.10 bits per heavy atom. The largest absolute Gasteiger partial charge is 0.354 e. The van der Waals surface area contributed by atoms with Crippen molar-refractivity contribution in [3.8, 4) is 0 Å². The van der Waals surface area contributed by atoms with Gasteiger partial charge in [-0.25, -0.2) is 4.98 Å². The average molecular weight is 397 g/mol. The number of nitrogens with zero attached hydrogens (tertiary/aromatic N) is 3. The predicted molar refractivity (Wildman–Crippen MR) is 115 cm³/mol. The molecule has 1 aliphatic heterocycles. The molecule has 1 aliphatic rings. The molecule has 0 aliphatic carbocycles. The number of nitrogens with one attached hydrogen (secondary N) is 1. The number of rotatable bonds is 6. The Morgan fingerprint density at radius 2 is 1.76 bits per heavy atom. The minimum absolute atomic E-state index is 0.0965. The Bertz CT molecular complexity index is 881. The van der Waals surface area contributed by atoms with Gasteiger partial charge in [-0.05, 0) is 45.3 Å². The van der Waals surface area contributed by atoms with Crippen LogP contribution in [-0.2, 0) is 18.3 Å². The van der Waals surface area contributed by atoms with Crippen LogP contribution >= 0.6 is 0 Å². The van der Waals surface area contributed by atoms with Crippen molar-refractivity contribution in [1.82, 2.24) is 19.8 Å². The highest BCUT2D eigenvalue weighted by Gasteiger charge is 2.22. The molecular weight excluding hydrogens is 364 g/mol. The van der Waals surface area contributed by atoms with E-state index in [4.69, 9.17) is 0 Å². The van der Waals surface area contributed by atoms with Gasteiger partial charge in [-0.15, -0.1) is 0 Å². The van der Waals surface area contributed by atoms with Gasteiger partial charge in [-0.3, -0.25) is 14.5 Å². The van der Waals surface area contributed by atoms with Crippen molar-refractivity contribution in [2.75, 3.05) is 19.6 Å². The van der Waals surface area contributed by atoms with E-state index in [-0.39, 0.29) is 23.9 Å². The summed E-state index contributed by atoms with van der Waals surface area (Å²) in [6.07, 6.45) is 6.56. The highest BCUT2D eigenvalue weighted by Crippen LogP contribution is 2.24. The van der Waals surface area contributed by atoms with Crippen LogP contribution in [0.25, 0.3) is 0 Å². The molecule has 1 amide bonds. The van der Waals surface area contributed by atoms with Gasteiger partial charge in [-0.2, -0.15) is 0 Å². The Balaban J connectivity index is 1.70. The normalized spacial score (nSPS) is 16.2. The number of aryl methyl sites for hydroxylation is 2. The fraction of sp³-hybridized carbons (Fsp3) is 0.522. The number of amides is 1. The molecule has 1 atom stereocenters. The topological polar surface area (TPSA) is 67.2 Å². The summed E-state index contributed by atoms with van der Waals surface area (Å²) in [7, 11) is 1.67. The molecule has 2 aromatic rings. The van der Waals surface area contributed by atoms with E-state index in [1.165, 1.54) is 47.7 Å². The zero-order chi connectivity index (χ0) is 20.8. The summed E-state index contributed by atoms with van der Waals surface area (Å²) >= 11 is 0. The van der Waals surface area contributed by atoms with E-state index < -0.39 is 0 Å². The van der Waals surface area contributed by atoms with E-state index in [9.17, 15) is 9.59 Å². The number of aromatic nitrogens is 2. The number of carbonyl (C=O) groups is 1. The van der Waals surface area contributed by atoms with E-state index in [1.807, 2.05) is 0 Å². The fourth-order valence-electron chi connectivity index (χ4n) is 3.95. The molecule has 2 heterocycles. The summed E-state index contributed by atoms with van der Waals surface area (Å²) in [4.78, 5) is 31.5. The molecule has 1 unspecified atom stereocenters. The molecule has 1 N–H and O–H groups in total. The van der Waals surface area contributed by atoms with Crippen LogP contribution in [-0.4, -0.2) is 40.0 Å². The molecule has 1 aromatic heterocycles. The Hall–Kier alpha value is -2.47.